The van der Waals surface area contributed by atoms with E-state index in [4.69, 9.17) is 4.42 Å². The lowest BCUT2D eigenvalue weighted by atomic mass is 10.1. The Morgan fingerprint density at radius 3 is 2.71 bits per heavy atom. The number of nitrogens with one attached hydrogen (secondary N) is 1. The Balaban J connectivity index is 1.81. The third-order valence-electron chi connectivity index (χ3n) is 4.21. The van der Waals surface area contributed by atoms with Crippen molar-refractivity contribution in [2.45, 2.75) is 39.3 Å². The monoisotopic (exact) mass is 327 g/mol. The second-order valence-corrected chi connectivity index (χ2v) is 6.17. The number of furan rings is 1. The van der Waals surface area contributed by atoms with E-state index in [0.717, 1.165) is 12.0 Å². The summed E-state index contributed by atoms with van der Waals surface area (Å²) in [6.45, 7) is 4.57. The van der Waals surface area contributed by atoms with Gasteiger partial charge in [-0.25, -0.2) is 0 Å². The van der Waals surface area contributed by atoms with E-state index in [1.807, 2.05) is 19.1 Å². The van der Waals surface area contributed by atoms with Crippen LogP contribution in [0.3, 0.4) is 0 Å². The SMILES string of the molecule is Cc1cc(C(=O)N(Cc2ccncc2)C[C@@H]2CCC(=O)N2)c(C)o1. The van der Waals surface area contributed by atoms with Gasteiger partial charge in [-0.15, -0.1) is 0 Å². The highest BCUT2D eigenvalue weighted by molar-refractivity contribution is 5.95. The van der Waals surface area contributed by atoms with Crippen LogP contribution in [0.15, 0.2) is 35.0 Å². The maximum atomic E-state index is 13.0. The quantitative estimate of drug-likeness (QED) is 0.913. The van der Waals surface area contributed by atoms with Crippen molar-refractivity contribution in [3.8, 4) is 0 Å². The number of aromatic nitrogens is 1. The lowest BCUT2D eigenvalue weighted by Gasteiger charge is -2.25. The van der Waals surface area contributed by atoms with Crippen molar-refractivity contribution in [2.75, 3.05) is 6.54 Å². The fourth-order valence-electron chi connectivity index (χ4n) is 3.02. The molecule has 6 heteroatoms. The highest BCUT2D eigenvalue weighted by Gasteiger charge is 2.27. The number of nitrogens with zero attached hydrogens (tertiary/aromatic N) is 2. The van der Waals surface area contributed by atoms with Gasteiger partial charge in [-0.05, 0) is 44.0 Å². The summed E-state index contributed by atoms with van der Waals surface area (Å²) in [5.41, 5.74) is 1.58. The molecule has 6 nitrogen and oxygen atoms in total. The van der Waals surface area contributed by atoms with Crippen LogP contribution >= 0.6 is 0 Å². The van der Waals surface area contributed by atoms with Crippen molar-refractivity contribution in [3.05, 3.63) is 53.2 Å². The highest BCUT2D eigenvalue weighted by atomic mass is 16.3. The van der Waals surface area contributed by atoms with Gasteiger partial charge in [-0.2, -0.15) is 0 Å². The molecular formula is C18H21N3O3. The van der Waals surface area contributed by atoms with Gasteiger partial charge < -0.3 is 14.6 Å². The maximum absolute atomic E-state index is 13.0. The molecule has 2 aromatic rings. The number of hydrogen-bond donors (Lipinski definition) is 1. The van der Waals surface area contributed by atoms with Crippen molar-refractivity contribution < 1.29 is 14.0 Å². The largest absolute Gasteiger partial charge is 0.466 e. The molecule has 3 heterocycles. The molecule has 0 spiro atoms. The van der Waals surface area contributed by atoms with Gasteiger partial charge in [0.15, 0.2) is 0 Å². The Kier molecular flexibility index (Phi) is 4.64. The van der Waals surface area contributed by atoms with Crippen molar-refractivity contribution in [1.29, 1.82) is 0 Å². The topological polar surface area (TPSA) is 75.4 Å². The average Bonchev–Trinajstić information content (AvgIpc) is 3.12. The number of rotatable bonds is 5. The van der Waals surface area contributed by atoms with Gasteiger partial charge in [-0.1, -0.05) is 0 Å². The number of carbonyl (C=O) groups is 2. The lowest BCUT2D eigenvalue weighted by Crippen LogP contribution is -2.41. The molecule has 3 rings (SSSR count). The molecule has 2 amide bonds. The first-order valence-electron chi connectivity index (χ1n) is 8.07. The number of pyridine rings is 1. The first kappa shape index (κ1) is 16.2. The van der Waals surface area contributed by atoms with E-state index in [1.165, 1.54) is 0 Å². The van der Waals surface area contributed by atoms with Gasteiger partial charge in [-0.3, -0.25) is 14.6 Å². The van der Waals surface area contributed by atoms with Gasteiger partial charge in [0.25, 0.3) is 5.91 Å². The molecule has 0 bridgehead atoms. The van der Waals surface area contributed by atoms with Crippen LogP contribution < -0.4 is 5.32 Å². The van der Waals surface area contributed by atoms with Crippen molar-refractivity contribution in [3.63, 3.8) is 0 Å². The summed E-state index contributed by atoms with van der Waals surface area (Å²) in [6.07, 6.45) is 4.69. The molecule has 1 saturated heterocycles. The summed E-state index contributed by atoms with van der Waals surface area (Å²) in [5.74, 6) is 1.30. The minimum atomic E-state index is -0.0812. The van der Waals surface area contributed by atoms with Crippen molar-refractivity contribution in [1.82, 2.24) is 15.2 Å². The van der Waals surface area contributed by atoms with Crippen LogP contribution in [0.4, 0.5) is 0 Å². The molecule has 0 saturated carbocycles. The van der Waals surface area contributed by atoms with E-state index >= 15 is 0 Å². The first-order chi connectivity index (χ1) is 11.5. The van der Waals surface area contributed by atoms with Crippen LogP contribution in [0.5, 0.6) is 0 Å². The highest BCUT2D eigenvalue weighted by Crippen LogP contribution is 2.19. The summed E-state index contributed by atoms with van der Waals surface area (Å²) >= 11 is 0. The molecule has 1 fully saturated rings. The molecular weight excluding hydrogens is 306 g/mol. The van der Waals surface area contributed by atoms with Crippen LogP contribution in [0.25, 0.3) is 0 Å². The zero-order chi connectivity index (χ0) is 17.1. The summed E-state index contributed by atoms with van der Waals surface area (Å²) in [7, 11) is 0. The van der Waals surface area contributed by atoms with E-state index in [2.05, 4.69) is 10.3 Å². The van der Waals surface area contributed by atoms with Crippen molar-refractivity contribution >= 4 is 11.8 Å². The van der Waals surface area contributed by atoms with Crippen LogP contribution in [0.1, 0.15) is 40.3 Å². The Bertz CT molecular complexity index is 739. The van der Waals surface area contributed by atoms with Crippen LogP contribution in [0.2, 0.25) is 0 Å². The zero-order valence-electron chi connectivity index (χ0n) is 13.9. The van der Waals surface area contributed by atoms with Crippen LogP contribution in [-0.4, -0.2) is 34.3 Å². The fourth-order valence-corrected chi connectivity index (χ4v) is 3.02. The Labute approximate surface area is 140 Å². The Hall–Kier alpha value is -2.63. The molecule has 1 aliphatic heterocycles. The van der Waals surface area contributed by atoms with Crippen molar-refractivity contribution in [2.24, 2.45) is 0 Å². The van der Waals surface area contributed by atoms with Gasteiger partial charge in [0.05, 0.1) is 5.56 Å². The summed E-state index contributed by atoms with van der Waals surface area (Å²) in [4.78, 5) is 30.2. The Morgan fingerprint density at radius 1 is 1.38 bits per heavy atom. The molecule has 0 radical (unpaired) electrons. The minimum Gasteiger partial charge on any atom is -0.466 e. The van der Waals surface area contributed by atoms with Gasteiger partial charge >= 0.3 is 0 Å². The molecule has 1 atom stereocenters. The van der Waals surface area contributed by atoms with Gasteiger partial charge in [0, 0.05) is 37.9 Å². The maximum Gasteiger partial charge on any atom is 0.257 e. The number of amides is 2. The summed E-state index contributed by atoms with van der Waals surface area (Å²) in [6, 6.07) is 5.54. The third kappa shape index (κ3) is 3.64. The standard InChI is InChI=1S/C18H21N3O3/c1-12-9-16(13(2)24-12)18(23)21(10-14-5-7-19-8-6-14)11-15-3-4-17(22)20-15/h5-9,15H,3-4,10-11H2,1-2H3,(H,20,22)/t15-/m0/s1. The van der Waals surface area contributed by atoms with Crippen LogP contribution in [0, 0.1) is 13.8 Å². The van der Waals surface area contributed by atoms with Crippen LogP contribution in [-0.2, 0) is 11.3 Å². The molecule has 0 aromatic carbocycles. The molecule has 0 unspecified atom stereocenters. The van der Waals surface area contributed by atoms with Gasteiger partial charge in [0.2, 0.25) is 5.91 Å². The molecule has 0 aliphatic carbocycles. The zero-order valence-corrected chi connectivity index (χ0v) is 13.9. The third-order valence-corrected chi connectivity index (χ3v) is 4.21. The van der Waals surface area contributed by atoms with E-state index in [9.17, 15) is 9.59 Å². The summed E-state index contributed by atoms with van der Waals surface area (Å²) in [5, 5.41) is 2.93. The lowest BCUT2D eigenvalue weighted by molar-refractivity contribution is -0.119. The predicted octanol–water partition coefficient (Wildman–Crippen LogP) is 2.21. The van der Waals surface area contributed by atoms with E-state index in [1.54, 1.807) is 30.3 Å². The molecule has 24 heavy (non-hydrogen) atoms. The normalized spacial score (nSPS) is 16.9. The molecule has 1 N–H and O–H groups in total. The van der Waals surface area contributed by atoms with E-state index in [-0.39, 0.29) is 17.9 Å². The molecule has 2 aromatic heterocycles. The Morgan fingerprint density at radius 2 is 2.12 bits per heavy atom. The van der Waals surface area contributed by atoms with E-state index in [0.29, 0.717) is 36.6 Å². The number of hydrogen-bond acceptors (Lipinski definition) is 4. The second-order valence-electron chi connectivity index (χ2n) is 6.17. The number of aryl methyl sites for hydroxylation is 2. The van der Waals surface area contributed by atoms with Gasteiger partial charge in [0.1, 0.15) is 11.5 Å². The summed E-state index contributed by atoms with van der Waals surface area (Å²) < 4.78 is 5.50. The molecule has 126 valence electrons. The number of carbonyl (C=O) groups excluding carboxylic acids is 2. The minimum absolute atomic E-state index is 0.00316. The van der Waals surface area contributed by atoms with E-state index < -0.39 is 0 Å². The predicted molar refractivity (Wildman–Crippen MR) is 88.3 cm³/mol. The fraction of sp³-hybridized carbons (Fsp3) is 0.389. The average molecular weight is 327 g/mol. The second kappa shape index (κ2) is 6.86. The first-order valence-corrected chi connectivity index (χ1v) is 8.07. The smallest absolute Gasteiger partial charge is 0.257 e. The molecule has 1 aliphatic rings.